The number of rotatable bonds is 5. The third-order valence-electron chi connectivity index (χ3n) is 4.47. The molecule has 0 spiro atoms. The zero-order chi connectivity index (χ0) is 18.6. The van der Waals surface area contributed by atoms with Gasteiger partial charge in [-0.25, -0.2) is 0 Å². The summed E-state index contributed by atoms with van der Waals surface area (Å²) in [6.45, 7) is 1.60. The van der Waals surface area contributed by atoms with E-state index in [2.05, 4.69) is 10.1 Å². The first-order valence-electron chi connectivity index (χ1n) is 8.81. The van der Waals surface area contributed by atoms with Crippen molar-refractivity contribution >= 4 is 17.5 Å². The summed E-state index contributed by atoms with van der Waals surface area (Å²) in [6.07, 6.45) is 2.10. The molecule has 0 aliphatic carbocycles. The summed E-state index contributed by atoms with van der Waals surface area (Å²) in [6, 6.07) is 14.6. The zero-order valence-corrected chi connectivity index (χ0v) is 15.4. The van der Waals surface area contributed by atoms with E-state index in [4.69, 9.17) is 20.9 Å². The van der Waals surface area contributed by atoms with Crippen LogP contribution in [-0.4, -0.2) is 40.6 Å². The van der Waals surface area contributed by atoms with E-state index >= 15 is 0 Å². The molecule has 2 aromatic carbocycles. The normalized spacial score (nSPS) is 13.7. The van der Waals surface area contributed by atoms with Crippen molar-refractivity contribution in [1.82, 2.24) is 15.0 Å². The lowest BCUT2D eigenvalue weighted by Gasteiger charge is -2.16. The van der Waals surface area contributed by atoms with Crippen LogP contribution in [0.3, 0.4) is 0 Å². The van der Waals surface area contributed by atoms with E-state index in [0.717, 1.165) is 25.9 Å². The van der Waals surface area contributed by atoms with E-state index in [1.54, 1.807) is 12.1 Å². The summed E-state index contributed by atoms with van der Waals surface area (Å²) in [5, 5.41) is 4.58. The Hall–Kier alpha value is -2.86. The number of carbonyl (C=O) groups excluding carboxylic acids is 1. The second kappa shape index (κ2) is 7.80. The highest BCUT2D eigenvalue weighted by molar-refractivity contribution is 6.33. The maximum atomic E-state index is 12.2. The Balaban J connectivity index is 1.54. The van der Waals surface area contributed by atoms with Crippen molar-refractivity contribution in [3.05, 3.63) is 53.6 Å². The maximum Gasteiger partial charge on any atom is 0.260 e. The van der Waals surface area contributed by atoms with Crippen LogP contribution in [0.5, 0.6) is 5.75 Å². The summed E-state index contributed by atoms with van der Waals surface area (Å²) >= 11 is 6.20. The summed E-state index contributed by atoms with van der Waals surface area (Å²) in [5.74, 6) is 1.25. The van der Waals surface area contributed by atoms with Gasteiger partial charge in [-0.1, -0.05) is 41.0 Å². The maximum absolute atomic E-state index is 12.2. The van der Waals surface area contributed by atoms with Crippen molar-refractivity contribution < 1.29 is 14.1 Å². The van der Waals surface area contributed by atoms with Crippen molar-refractivity contribution in [3.8, 4) is 28.6 Å². The van der Waals surface area contributed by atoms with E-state index in [0.29, 0.717) is 33.6 Å². The molecule has 6 nitrogen and oxygen atoms in total. The van der Waals surface area contributed by atoms with Crippen LogP contribution < -0.4 is 4.74 Å². The number of hydrogen-bond donors (Lipinski definition) is 0. The molecule has 4 rings (SSSR count). The molecule has 1 fully saturated rings. The van der Waals surface area contributed by atoms with Crippen LogP contribution >= 0.6 is 11.6 Å². The van der Waals surface area contributed by atoms with Gasteiger partial charge in [-0.3, -0.25) is 4.79 Å². The first kappa shape index (κ1) is 17.5. The molecule has 2 heterocycles. The second-order valence-electron chi connectivity index (χ2n) is 6.28. The quantitative estimate of drug-likeness (QED) is 0.664. The Morgan fingerprint density at radius 1 is 1.07 bits per heavy atom. The fourth-order valence-corrected chi connectivity index (χ4v) is 3.27. The summed E-state index contributed by atoms with van der Waals surface area (Å²) < 4.78 is 11.1. The van der Waals surface area contributed by atoms with Gasteiger partial charge in [0.25, 0.3) is 11.8 Å². The molecule has 0 atom stereocenters. The van der Waals surface area contributed by atoms with Crippen LogP contribution in [0.15, 0.2) is 53.1 Å². The number of para-hydroxylation sites is 1. The Morgan fingerprint density at radius 3 is 2.56 bits per heavy atom. The third kappa shape index (κ3) is 3.80. The van der Waals surface area contributed by atoms with Crippen molar-refractivity contribution in [1.29, 1.82) is 0 Å². The lowest BCUT2D eigenvalue weighted by molar-refractivity contribution is -0.132. The highest BCUT2D eigenvalue weighted by Crippen LogP contribution is 2.31. The smallest absolute Gasteiger partial charge is 0.260 e. The Kier molecular flexibility index (Phi) is 5.07. The molecule has 0 saturated carbocycles. The van der Waals surface area contributed by atoms with Gasteiger partial charge < -0.3 is 14.2 Å². The molecule has 1 amide bonds. The number of halogens is 1. The van der Waals surface area contributed by atoms with Crippen molar-refractivity contribution in [2.75, 3.05) is 19.7 Å². The lowest BCUT2D eigenvalue weighted by Crippen LogP contribution is -2.32. The van der Waals surface area contributed by atoms with Crippen molar-refractivity contribution in [2.24, 2.45) is 0 Å². The number of ether oxygens (including phenoxy) is 1. The Labute approximate surface area is 161 Å². The average molecular weight is 384 g/mol. The monoisotopic (exact) mass is 383 g/mol. The summed E-state index contributed by atoms with van der Waals surface area (Å²) in [5.41, 5.74) is 1.33. The van der Waals surface area contributed by atoms with Gasteiger partial charge >= 0.3 is 0 Å². The van der Waals surface area contributed by atoms with Gasteiger partial charge in [0.2, 0.25) is 5.82 Å². The van der Waals surface area contributed by atoms with Crippen molar-refractivity contribution in [2.45, 2.75) is 12.8 Å². The lowest BCUT2D eigenvalue weighted by atomic mass is 10.2. The van der Waals surface area contributed by atoms with Gasteiger partial charge in [-0.05, 0) is 37.1 Å². The number of nitrogens with zero attached hydrogens (tertiary/aromatic N) is 3. The van der Waals surface area contributed by atoms with Gasteiger partial charge in [0.15, 0.2) is 6.61 Å². The molecular formula is C20H18ClN3O3. The fourth-order valence-electron chi connectivity index (χ4n) is 3.05. The van der Waals surface area contributed by atoms with E-state index in [-0.39, 0.29) is 12.5 Å². The third-order valence-corrected chi connectivity index (χ3v) is 4.80. The molecule has 27 heavy (non-hydrogen) atoms. The molecule has 1 aliphatic rings. The number of carbonyl (C=O) groups is 1. The first-order chi connectivity index (χ1) is 13.2. The Bertz CT molecular complexity index is 951. The van der Waals surface area contributed by atoms with Crippen molar-refractivity contribution in [3.63, 3.8) is 0 Å². The van der Waals surface area contributed by atoms with Crippen LogP contribution in [-0.2, 0) is 4.79 Å². The molecule has 0 N–H and O–H groups in total. The minimum Gasteiger partial charge on any atom is -0.483 e. The van der Waals surface area contributed by atoms with E-state index in [1.165, 1.54) is 0 Å². The minimum absolute atomic E-state index is 0.00725. The summed E-state index contributed by atoms with van der Waals surface area (Å²) in [4.78, 5) is 18.5. The molecule has 0 bridgehead atoms. The predicted octanol–water partition coefficient (Wildman–Crippen LogP) is 4.06. The van der Waals surface area contributed by atoms with E-state index < -0.39 is 0 Å². The molecule has 1 aliphatic heterocycles. The standard InChI is InChI=1S/C20H18ClN3O3/c21-16-9-3-1-7-14(16)20-22-19(23-27-20)15-8-2-4-10-17(15)26-13-18(25)24-11-5-6-12-24/h1-4,7-10H,5-6,11-13H2. The molecule has 0 unspecified atom stereocenters. The van der Waals surface area contributed by atoms with Crippen LogP contribution in [0.1, 0.15) is 12.8 Å². The van der Waals surface area contributed by atoms with Crippen LogP contribution in [0.25, 0.3) is 22.8 Å². The van der Waals surface area contributed by atoms with E-state index in [9.17, 15) is 4.79 Å². The molecule has 0 radical (unpaired) electrons. The molecule has 1 saturated heterocycles. The van der Waals surface area contributed by atoms with Gasteiger partial charge in [0.1, 0.15) is 5.75 Å². The zero-order valence-electron chi connectivity index (χ0n) is 14.6. The first-order valence-corrected chi connectivity index (χ1v) is 9.19. The van der Waals surface area contributed by atoms with Gasteiger partial charge in [0.05, 0.1) is 16.1 Å². The number of hydrogen-bond acceptors (Lipinski definition) is 5. The van der Waals surface area contributed by atoms with Crippen LogP contribution in [0.4, 0.5) is 0 Å². The van der Waals surface area contributed by atoms with Gasteiger partial charge in [-0.15, -0.1) is 0 Å². The van der Waals surface area contributed by atoms with Gasteiger partial charge in [-0.2, -0.15) is 4.98 Å². The summed E-state index contributed by atoms with van der Waals surface area (Å²) in [7, 11) is 0. The Morgan fingerprint density at radius 2 is 1.78 bits per heavy atom. The van der Waals surface area contributed by atoms with Crippen LogP contribution in [0.2, 0.25) is 5.02 Å². The largest absolute Gasteiger partial charge is 0.483 e. The molecule has 138 valence electrons. The number of likely N-dealkylation sites (tertiary alicyclic amines) is 1. The second-order valence-corrected chi connectivity index (χ2v) is 6.68. The number of amides is 1. The number of benzene rings is 2. The number of aromatic nitrogens is 2. The molecule has 1 aromatic heterocycles. The minimum atomic E-state index is -0.00770. The average Bonchev–Trinajstić information content (AvgIpc) is 3.39. The van der Waals surface area contributed by atoms with Crippen LogP contribution in [0, 0.1) is 0 Å². The highest BCUT2D eigenvalue weighted by atomic mass is 35.5. The fraction of sp³-hybridized carbons (Fsp3) is 0.250. The molecule has 3 aromatic rings. The molecular weight excluding hydrogens is 366 g/mol. The highest BCUT2D eigenvalue weighted by Gasteiger charge is 2.20. The predicted molar refractivity (Wildman–Crippen MR) is 101 cm³/mol. The van der Waals surface area contributed by atoms with E-state index in [1.807, 2.05) is 41.3 Å². The topological polar surface area (TPSA) is 68.5 Å². The molecule has 7 heteroatoms. The SMILES string of the molecule is O=C(COc1ccccc1-c1noc(-c2ccccc2Cl)n1)N1CCCC1. The van der Waals surface area contributed by atoms with Gasteiger partial charge in [0, 0.05) is 13.1 Å².